The zero-order chi connectivity index (χ0) is 17.5. The van der Waals surface area contributed by atoms with E-state index >= 15 is 0 Å². The van der Waals surface area contributed by atoms with E-state index in [4.69, 9.17) is 0 Å². The standard InChI is InChI=1S/C18H21FN2O2S/c1-13-12-15(8-9-16(13)19)24(22,23)21-14(2)10-11-20(3)17-6-4-5-7-18(17)21/h4-9,12,14H,10-11H2,1-3H3/t14-/m1/s1. The van der Waals surface area contributed by atoms with Crippen molar-refractivity contribution in [3.05, 3.63) is 53.8 Å². The summed E-state index contributed by atoms with van der Waals surface area (Å²) in [6.07, 6.45) is 0.713. The van der Waals surface area contributed by atoms with Gasteiger partial charge >= 0.3 is 0 Å². The summed E-state index contributed by atoms with van der Waals surface area (Å²) in [6.45, 7) is 4.25. The Balaban J connectivity index is 2.18. The van der Waals surface area contributed by atoms with E-state index in [1.807, 2.05) is 38.2 Å². The number of hydrogen-bond acceptors (Lipinski definition) is 3. The Morgan fingerprint density at radius 2 is 1.79 bits per heavy atom. The van der Waals surface area contributed by atoms with E-state index in [1.54, 1.807) is 6.92 Å². The quantitative estimate of drug-likeness (QED) is 0.833. The van der Waals surface area contributed by atoms with Gasteiger partial charge in [-0.15, -0.1) is 0 Å². The molecule has 24 heavy (non-hydrogen) atoms. The summed E-state index contributed by atoms with van der Waals surface area (Å²) in [5.41, 5.74) is 1.86. The molecule has 4 nitrogen and oxygen atoms in total. The third-order valence-electron chi connectivity index (χ3n) is 4.50. The Labute approximate surface area is 142 Å². The Bertz CT molecular complexity index is 867. The van der Waals surface area contributed by atoms with Crippen molar-refractivity contribution < 1.29 is 12.8 Å². The first-order chi connectivity index (χ1) is 11.3. The number of rotatable bonds is 2. The molecule has 0 aliphatic carbocycles. The van der Waals surface area contributed by atoms with Crippen LogP contribution in [0, 0.1) is 12.7 Å². The minimum atomic E-state index is -3.77. The lowest BCUT2D eigenvalue weighted by atomic mass is 10.2. The first kappa shape index (κ1) is 16.8. The molecule has 0 saturated heterocycles. The molecule has 3 rings (SSSR count). The van der Waals surface area contributed by atoms with Crippen molar-refractivity contribution in [3.63, 3.8) is 0 Å². The lowest BCUT2D eigenvalue weighted by Gasteiger charge is -2.30. The minimum absolute atomic E-state index is 0.118. The number of aryl methyl sites for hydroxylation is 1. The van der Waals surface area contributed by atoms with Gasteiger partial charge in [0.15, 0.2) is 0 Å². The Kier molecular flexibility index (Phi) is 4.25. The molecule has 1 atom stereocenters. The van der Waals surface area contributed by atoms with Crippen molar-refractivity contribution in [2.45, 2.75) is 31.2 Å². The van der Waals surface area contributed by atoms with Crippen LogP contribution in [-0.4, -0.2) is 28.1 Å². The number of para-hydroxylation sites is 2. The Morgan fingerprint density at radius 1 is 1.12 bits per heavy atom. The summed E-state index contributed by atoms with van der Waals surface area (Å²) in [5, 5.41) is 0. The summed E-state index contributed by atoms with van der Waals surface area (Å²) in [6, 6.07) is 11.2. The highest BCUT2D eigenvalue weighted by Crippen LogP contribution is 2.37. The van der Waals surface area contributed by atoms with Gasteiger partial charge in [-0.05, 0) is 56.2 Å². The van der Waals surface area contributed by atoms with Gasteiger partial charge in [0.1, 0.15) is 5.82 Å². The number of nitrogens with zero attached hydrogens (tertiary/aromatic N) is 2. The molecule has 1 aliphatic heterocycles. The van der Waals surface area contributed by atoms with Crippen LogP contribution >= 0.6 is 0 Å². The molecule has 128 valence electrons. The Hall–Kier alpha value is -2.08. The van der Waals surface area contributed by atoms with Crippen molar-refractivity contribution in [1.82, 2.24) is 0 Å². The van der Waals surface area contributed by atoms with Gasteiger partial charge in [-0.3, -0.25) is 4.31 Å². The van der Waals surface area contributed by atoms with Crippen LogP contribution in [0.2, 0.25) is 0 Å². The van der Waals surface area contributed by atoms with Crippen LogP contribution in [-0.2, 0) is 10.0 Å². The summed E-state index contributed by atoms with van der Waals surface area (Å²) in [5.74, 6) is -0.405. The summed E-state index contributed by atoms with van der Waals surface area (Å²) < 4.78 is 41.6. The van der Waals surface area contributed by atoms with E-state index in [0.29, 0.717) is 17.7 Å². The van der Waals surface area contributed by atoms with E-state index in [0.717, 1.165) is 12.2 Å². The summed E-state index contributed by atoms with van der Waals surface area (Å²) in [4.78, 5) is 2.18. The summed E-state index contributed by atoms with van der Waals surface area (Å²) in [7, 11) is -1.81. The highest BCUT2D eigenvalue weighted by atomic mass is 32.2. The van der Waals surface area contributed by atoms with Crippen LogP contribution in [0.25, 0.3) is 0 Å². The number of anilines is 2. The first-order valence-corrected chi connectivity index (χ1v) is 9.37. The Morgan fingerprint density at radius 3 is 2.46 bits per heavy atom. The van der Waals surface area contributed by atoms with Crippen molar-refractivity contribution in [2.24, 2.45) is 0 Å². The van der Waals surface area contributed by atoms with E-state index in [9.17, 15) is 12.8 Å². The third-order valence-corrected chi connectivity index (χ3v) is 6.42. The molecule has 0 saturated carbocycles. The molecule has 2 aromatic carbocycles. The zero-order valence-electron chi connectivity index (χ0n) is 14.0. The molecule has 0 radical (unpaired) electrons. The molecule has 0 N–H and O–H groups in total. The second kappa shape index (κ2) is 6.09. The predicted molar refractivity (Wildman–Crippen MR) is 94.6 cm³/mol. The molecular formula is C18H21FN2O2S. The predicted octanol–water partition coefficient (Wildman–Crippen LogP) is 3.56. The number of benzene rings is 2. The number of hydrogen-bond donors (Lipinski definition) is 0. The molecule has 6 heteroatoms. The molecule has 0 fully saturated rings. The maximum atomic E-state index is 13.5. The molecule has 0 unspecified atom stereocenters. The lowest BCUT2D eigenvalue weighted by Crippen LogP contribution is -2.38. The molecule has 1 heterocycles. The average Bonchev–Trinajstić information content (AvgIpc) is 2.67. The fourth-order valence-electron chi connectivity index (χ4n) is 3.09. The topological polar surface area (TPSA) is 40.6 Å². The smallest absolute Gasteiger partial charge is 0.264 e. The molecule has 1 aliphatic rings. The second-order valence-electron chi connectivity index (χ2n) is 6.26. The van der Waals surface area contributed by atoms with Crippen LogP contribution in [0.1, 0.15) is 18.9 Å². The summed E-state index contributed by atoms with van der Waals surface area (Å²) >= 11 is 0. The lowest BCUT2D eigenvalue weighted by molar-refractivity contribution is 0.573. The van der Waals surface area contributed by atoms with Crippen molar-refractivity contribution >= 4 is 21.4 Å². The molecule has 0 amide bonds. The molecule has 0 bridgehead atoms. The monoisotopic (exact) mass is 348 g/mol. The van der Waals surface area contributed by atoms with Gasteiger partial charge in [0, 0.05) is 19.6 Å². The van der Waals surface area contributed by atoms with Crippen molar-refractivity contribution in [1.29, 1.82) is 0 Å². The molecule has 0 spiro atoms. The van der Waals surface area contributed by atoms with Gasteiger partial charge in [0.05, 0.1) is 16.3 Å². The van der Waals surface area contributed by atoms with Crippen LogP contribution in [0.5, 0.6) is 0 Å². The van der Waals surface area contributed by atoms with E-state index in [-0.39, 0.29) is 10.9 Å². The van der Waals surface area contributed by atoms with E-state index < -0.39 is 15.8 Å². The van der Waals surface area contributed by atoms with Crippen LogP contribution in [0.15, 0.2) is 47.4 Å². The average molecular weight is 348 g/mol. The number of fused-ring (bicyclic) bond motifs is 1. The van der Waals surface area contributed by atoms with E-state index in [1.165, 1.54) is 22.5 Å². The largest absolute Gasteiger partial charge is 0.373 e. The second-order valence-corrected chi connectivity index (χ2v) is 8.07. The van der Waals surface area contributed by atoms with Gasteiger partial charge < -0.3 is 4.90 Å². The SMILES string of the molecule is Cc1cc(S(=O)(=O)N2c3ccccc3N(C)CC[C@H]2C)ccc1F. The maximum absolute atomic E-state index is 13.5. The van der Waals surface area contributed by atoms with Crippen LogP contribution in [0.4, 0.5) is 15.8 Å². The first-order valence-electron chi connectivity index (χ1n) is 7.93. The van der Waals surface area contributed by atoms with Gasteiger partial charge in [-0.2, -0.15) is 0 Å². The molecular weight excluding hydrogens is 327 g/mol. The zero-order valence-corrected chi connectivity index (χ0v) is 14.8. The van der Waals surface area contributed by atoms with Gasteiger partial charge in [-0.1, -0.05) is 12.1 Å². The van der Waals surface area contributed by atoms with Crippen LogP contribution < -0.4 is 9.21 Å². The van der Waals surface area contributed by atoms with Crippen molar-refractivity contribution in [3.8, 4) is 0 Å². The van der Waals surface area contributed by atoms with Crippen LogP contribution in [0.3, 0.4) is 0 Å². The van der Waals surface area contributed by atoms with Crippen molar-refractivity contribution in [2.75, 3.05) is 22.8 Å². The van der Waals surface area contributed by atoms with Gasteiger partial charge in [0.2, 0.25) is 0 Å². The third kappa shape index (κ3) is 2.75. The fraction of sp³-hybridized carbons (Fsp3) is 0.333. The normalized spacial score (nSPS) is 18.2. The number of sulfonamides is 1. The maximum Gasteiger partial charge on any atom is 0.264 e. The van der Waals surface area contributed by atoms with E-state index in [2.05, 4.69) is 4.90 Å². The highest BCUT2D eigenvalue weighted by Gasteiger charge is 2.33. The molecule has 0 aromatic heterocycles. The van der Waals surface area contributed by atoms with Gasteiger partial charge in [-0.25, -0.2) is 12.8 Å². The fourth-order valence-corrected chi connectivity index (χ4v) is 4.87. The highest BCUT2D eigenvalue weighted by molar-refractivity contribution is 7.92. The minimum Gasteiger partial charge on any atom is -0.373 e. The molecule has 2 aromatic rings. The van der Waals surface area contributed by atoms with Gasteiger partial charge in [0.25, 0.3) is 10.0 Å². The number of halogens is 1.